The molecule has 2 aromatic rings. The second-order valence-corrected chi connectivity index (χ2v) is 3.87. The van der Waals surface area contributed by atoms with Gasteiger partial charge in [-0.05, 0) is 18.1 Å². The molecule has 3 heteroatoms. The zero-order chi connectivity index (χ0) is 10.8. The number of nitrogens with one attached hydrogen (secondary N) is 1. The van der Waals surface area contributed by atoms with Crippen LogP contribution >= 0.6 is 0 Å². The van der Waals surface area contributed by atoms with E-state index in [0.717, 1.165) is 11.4 Å². The first-order chi connectivity index (χ1) is 7.18. The van der Waals surface area contributed by atoms with Crippen molar-refractivity contribution in [3.63, 3.8) is 0 Å². The van der Waals surface area contributed by atoms with Crippen molar-refractivity contribution in [3.05, 3.63) is 52.4 Å². The van der Waals surface area contributed by atoms with E-state index >= 15 is 0 Å². The van der Waals surface area contributed by atoms with E-state index in [1.54, 1.807) is 6.07 Å². The Bertz CT molecular complexity index is 494. The van der Waals surface area contributed by atoms with E-state index in [4.69, 9.17) is 0 Å². The van der Waals surface area contributed by atoms with Crippen molar-refractivity contribution in [3.8, 4) is 5.69 Å². The molecule has 78 valence electrons. The molecule has 0 unspecified atom stereocenters. The molecule has 1 aromatic heterocycles. The Kier molecular flexibility index (Phi) is 2.46. The maximum absolute atomic E-state index is 11.3. The number of para-hydroxylation sites is 1. The summed E-state index contributed by atoms with van der Waals surface area (Å²) in [5.41, 5.74) is 1.94. The average Bonchev–Trinajstić information content (AvgIpc) is 2.62. The van der Waals surface area contributed by atoms with Gasteiger partial charge in [-0.15, -0.1) is 0 Å². The lowest BCUT2D eigenvalue weighted by atomic mass is 10.1. The number of rotatable bonds is 2. The Balaban J connectivity index is 2.58. The predicted molar refractivity (Wildman–Crippen MR) is 60.5 cm³/mol. The van der Waals surface area contributed by atoms with E-state index in [2.05, 4.69) is 18.9 Å². The van der Waals surface area contributed by atoms with Crippen LogP contribution in [0.1, 0.15) is 25.5 Å². The van der Waals surface area contributed by atoms with E-state index in [0.29, 0.717) is 5.92 Å². The molecule has 1 aromatic carbocycles. The monoisotopic (exact) mass is 202 g/mol. The SMILES string of the molecule is CC(C)c1cc(=O)[nH]n1-c1ccccc1. The number of hydrogen-bond acceptors (Lipinski definition) is 1. The summed E-state index contributed by atoms with van der Waals surface area (Å²) in [6.45, 7) is 4.14. The third-order valence-corrected chi connectivity index (χ3v) is 2.37. The Hall–Kier alpha value is -1.77. The average molecular weight is 202 g/mol. The van der Waals surface area contributed by atoms with Gasteiger partial charge < -0.3 is 0 Å². The molecule has 0 amide bonds. The molecule has 0 saturated heterocycles. The molecule has 0 aliphatic rings. The van der Waals surface area contributed by atoms with Crippen LogP contribution in [-0.4, -0.2) is 9.78 Å². The Labute approximate surface area is 88.4 Å². The topological polar surface area (TPSA) is 37.8 Å². The molecule has 0 aliphatic heterocycles. The van der Waals surface area contributed by atoms with E-state index in [1.807, 2.05) is 35.0 Å². The summed E-state index contributed by atoms with van der Waals surface area (Å²) in [7, 11) is 0. The van der Waals surface area contributed by atoms with Crippen molar-refractivity contribution in [2.75, 3.05) is 0 Å². The Morgan fingerprint density at radius 3 is 2.47 bits per heavy atom. The standard InChI is InChI=1S/C12H14N2O/c1-9(2)11-8-12(15)13-14(11)10-6-4-3-5-7-10/h3-9H,1-2H3,(H,13,15). The van der Waals surface area contributed by atoms with E-state index in [-0.39, 0.29) is 5.56 Å². The van der Waals surface area contributed by atoms with Crippen LogP contribution in [0.3, 0.4) is 0 Å². The maximum atomic E-state index is 11.3. The zero-order valence-corrected chi connectivity index (χ0v) is 8.90. The van der Waals surface area contributed by atoms with Crippen molar-refractivity contribution in [1.29, 1.82) is 0 Å². The number of aromatic nitrogens is 2. The molecular weight excluding hydrogens is 188 g/mol. The normalized spacial score (nSPS) is 10.9. The lowest BCUT2D eigenvalue weighted by Gasteiger charge is -2.10. The van der Waals surface area contributed by atoms with Crippen molar-refractivity contribution in [2.24, 2.45) is 0 Å². The van der Waals surface area contributed by atoms with Gasteiger partial charge in [0.2, 0.25) is 0 Å². The van der Waals surface area contributed by atoms with Crippen molar-refractivity contribution in [2.45, 2.75) is 19.8 Å². The molecule has 2 rings (SSSR count). The highest BCUT2D eigenvalue weighted by atomic mass is 16.1. The molecule has 3 nitrogen and oxygen atoms in total. The highest BCUT2D eigenvalue weighted by molar-refractivity contribution is 5.32. The van der Waals surface area contributed by atoms with Crippen molar-refractivity contribution in [1.82, 2.24) is 9.78 Å². The minimum atomic E-state index is -0.0532. The first-order valence-corrected chi connectivity index (χ1v) is 5.06. The zero-order valence-electron chi connectivity index (χ0n) is 8.90. The second kappa shape index (κ2) is 3.77. The van der Waals surface area contributed by atoms with Crippen LogP contribution in [0.4, 0.5) is 0 Å². The summed E-state index contributed by atoms with van der Waals surface area (Å²) in [4.78, 5) is 11.3. The van der Waals surface area contributed by atoms with Gasteiger partial charge >= 0.3 is 0 Å². The molecule has 0 saturated carbocycles. The maximum Gasteiger partial charge on any atom is 0.264 e. The van der Waals surface area contributed by atoms with Gasteiger partial charge in [-0.25, -0.2) is 0 Å². The van der Waals surface area contributed by atoms with Crippen LogP contribution in [0.2, 0.25) is 0 Å². The largest absolute Gasteiger partial charge is 0.268 e. The van der Waals surface area contributed by atoms with E-state index in [9.17, 15) is 4.79 Å². The van der Waals surface area contributed by atoms with Crippen LogP contribution in [0.5, 0.6) is 0 Å². The number of nitrogens with zero attached hydrogens (tertiary/aromatic N) is 1. The molecule has 15 heavy (non-hydrogen) atoms. The van der Waals surface area contributed by atoms with Gasteiger partial charge in [0.25, 0.3) is 5.56 Å². The van der Waals surface area contributed by atoms with Gasteiger partial charge in [-0.3, -0.25) is 14.6 Å². The third kappa shape index (κ3) is 1.86. The number of hydrogen-bond donors (Lipinski definition) is 1. The fourth-order valence-corrected chi connectivity index (χ4v) is 1.62. The number of aromatic amines is 1. The Morgan fingerprint density at radius 1 is 1.20 bits per heavy atom. The fraction of sp³-hybridized carbons (Fsp3) is 0.250. The summed E-state index contributed by atoms with van der Waals surface area (Å²) in [6, 6.07) is 11.5. The van der Waals surface area contributed by atoms with Crippen molar-refractivity contribution < 1.29 is 0 Å². The fourth-order valence-electron chi connectivity index (χ4n) is 1.62. The summed E-state index contributed by atoms with van der Waals surface area (Å²) in [6.07, 6.45) is 0. The quantitative estimate of drug-likeness (QED) is 0.797. The van der Waals surface area contributed by atoms with Crippen LogP contribution in [-0.2, 0) is 0 Å². The highest BCUT2D eigenvalue weighted by Gasteiger charge is 2.09. The molecule has 1 heterocycles. The summed E-state index contributed by atoms with van der Waals surface area (Å²) in [5.74, 6) is 0.323. The molecule has 0 radical (unpaired) electrons. The lowest BCUT2D eigenvalue weighted by Crippen LogP contribution is -2.05. The predicted octanol–water partition coefficient (Wildman–Crippen LogP) is 2.29. The van der Waals surface area contributed by atoms with Gasteiger partial charge in [0, 0.05) is 11.8 Å². The summed E-state index contributed by atoms with van der Waals surface area (Å²) in [5, 5.41) is 2.80. The highest BCUT2D eigenvalue weighted by Crippen LogP contribution is 2.15. The number of benzene rings is 1. The third-order valence-electron chi connectivity index (χ3n) is 2.37. The summed E-state index contributed by atoms with van der Waals surface area (Å²) < 4.78 is 1.84. The number of H-pyrrole nitrogens is 1. The van der Waals surface area contributed by atoms with Gasteiger partial charge in [0.05, 0.1) is 5.69 Å². The molecule has 0 fully saturated rings. The molecular formula is C12H14N2O. The molecule has 0 spiro atoms. The van der Waals surface area contributed by atoms with Crippen LogP contribution < -0.4 is 5.56 Å². The van der Waals surface area contributed by atoms with E-state index < -0.39 is 0 Å². The van der Waals surface area contributed by atoms with Gasteiger partial charge in [0.15, 0.2) is 0 Å². The molecule has 0 aliphatic carbocycles. The molecule has 0 atom stereocenters. The van der Waals surface area contributed by atoms with Crippen LogP contribution in [0, 0.1) is 0 Å². The second-order valence-electron chi connectivity index (χ2n) is 3.87. The lowest BCUT2D eigenvalue weighted by molar-refractivity contribution is 0.731. The van der Waals surface area contributed by atoms with Crippen LogP contribution in [0.15, 0.2) is 41.2 Å². The molecule has 1 N–H and O–H groups in total. The first kappa shape index (κ1) is 9.77. The van der Waals surface area contributed by atoms with Crippen LogP contribution in [0.25, 0.3) is 5.69 Å². The first-order valence-electron chi connectivity index (χ1n) is 5.06. The molecule has 0 bridgehead atoms. The van der Waals surface area contributed by atoms with Gasteiger partial charge in [0.1, 0.15) is 0 Å². The van der Waals surface area contributed by atoms with Gasteiger partial charge in [-0.2, -0.15) is 0 Å². The summed E-state index contributed by atoms with van der Waals surface area (Å²) >= 11 is 0. The smallest absolute Gasteiger partial charge is 0.264 e. The minimum Gasteiger partial charge on any atom is -0.268 e. The Morgan fingerprint density at radius 2 is 1.87 bits per heavy atom. The van der Waals surface area contributed by atoms with E-state index in [1.165, 1.54) is 0 Å². The minimum absolute atomic E-state index is 0.0532. The van der Waals surface area contributed by atoms with Crippen molar-refractivity contribution >= 4 is 0 Å². The van der Waals surface area contributed by atoms with Gasteiger partial charge in [-0.1, -0.05) is 32.0 Å².